The van der Waals surface area contributed by atoms with E-state index >= 15 is 0 Å². The van der Waals surface area contributed by atoms with Gasteiger partial charge in [0.25, 0.3) is 5.91 Å². The number of anilines is 1. The molecule has 1 saturated carbocycles. The van der Waals surface area contributed by atoms with Gasteiger partial charge in [-0.3, -0.25) is 19.4 Å². The van der Waals surface area contributed by atoms with Crippen LogP contribution in [0.1, 0.15) is 72.9 Å². The summed E-state index contributed by atoms with van der Waals surface area (Å²) >= 11 is 0. The molecule has 1 aliphatic heterocycles. The first-order valence-corrected chi connectivity index (χ1v) is 13.3. The zero-order valence-electron chi connectivity index (χ0n) is 21.1. The van der Waals surface area contributed by atoms with Crippen LogP contribution >= 0.6 is 0 Å². The molecule has 2 heterocycles. The monoisotopic (exact) mass is 503 g/mol. The predicted octanol–water partition coefficient (Wildman–Crippen LogP) is 5.85. The number of halogens is 1. The average Bonchev–Trinajstić information content (AvgIpc) is 3.61. The Labute approximate surface area is 217 Å². The maximum atomic E-state index is 14.0. The fourth-order valence-electron chi connectivity index (χ4n) is 5.42. The predicted molar refractivity (Wildman–Crippen MR) is 141 cm³/mol. The average molecular weight is 504 g/mol. The fraction of sp³-hybridized carbons (Fsp3) is 0.400. The molecule has 0 bridgehead atoms. The van der Waals surface area contributed by atoms with Gasteiger partial charge in [0.2, 0.25) is 5.91 Å². The highest BCUT2D eigenvalue weighted by Crippen LogP contribution is 2.31. The fourth-order valence-corrected chi connectivity index (χ4v) is 5.42. The number of carbonyl (C=O) groups excluding carboxylic acids is 2. The first kappa shape index (κ1) is 25.2. The van der Waals surface area contributed by atoms with Gasteiger partial charge in [0, 0.05) is 11.7 Å². The molecule has 1 aromatic heterocycles. The van der Waals surface area contributed by atoms with Crippen molar-refractivity contribution in [3.63, 3.8) is 0 Å². The number of hydrogen-bond acceptors (Lipinski definition) is 4. The molecule has 0 unspecified atom stereocenters. The Morgan fingerprint density at radius 1 is 0.919 bits per heavy atom. The Hall–Kier alpha value is -3.45. The number of amides is 2. The molecule has 1 aliphatic carbocycles. The molecule has 3 aromatic rings. The second kappa shape index (κ2) is 11.7. The number of nitrogens with zero attached hydrogens (tertiary/aromatic N) is 2. The van der Waals surface area contributed by atoms with Gasteiger partial charge in [-0.1, -0.05) is 49.6 Å². The van der Waals surface area contributed by atoms with Gasteiger partial charge in [-0.25, -0.2) is 4.39 Å². The summed E-state index contributed by atoms with van der Waals surface area (Å²) in [6.45, 7) is 2.70. The molecule has 5 rings (SSSR count). The third-order valence-corrected chi connectivity index (χ3v) is 7.35. The van der Waals surface area contributed by atoms with Crippen LogP contribution in [0.25, 0.3) is 0 Å². The minimum absolute atomic E-state index is 0.0722. The van der Waals surface area contributed by atoms with E-state index in [9.17, 15) is 14.0 Å². The molecule has 2 aromatic carbocycles. The van der Waals surface area contributed by atoms with E-state index < -0.39 is 17.8 Å². The topological polar surface area (TPSA) is 65.8 Å². The Balaban J connectivity index is 1.48. The molecule has 1 saturated heterocycles. The van der Waals surface area contributed by atoms with Gasteiger partial charge in [-0.2, -0.15) is 0 Å². The lowest BCUT2D eigenvalue weighted by Crippen LogP contribution is -2.46. The smallest absolute Gasteiger partial charge is 0.294 e. The molecule has 7 heteroatoms. The minimum Gasteiger partial charge on any atom is -0.455 e. The maximum Gasteiger partial charge on any atom is 0.294 e. The SMILES string of the molecule is O=C(NC1CCCC1)[C@@H](c1ccc(F)cc1)N(C(=O)c1ccc(CN2CCCCC2)o1)c1ccccc1. The van der Waals surface area contributed by atoms with Gasteiger partial charge >= 0.3 is 0 Å². The van der Waals surface area contributed by atoms with Crippen LogP contribution in [-0.4, -0.2) is 35.8 Å². The quantitative estimate of drug-likeness (QED) is 0.419. The largest absolute Gasteiger partial charge is 0.455 e. The Bertz CT molecular complexity index is 1180. The van der Waals surface area contributed by atoms with E-state index in [1.54, 1.807) is 30.3 Å². The minimum atomic E-state index is -0.980. The van der Waals surface area contributed by atoms with Crippen LogP contribution in [0.5, 0.6) is 0 Å². The van der Waals surface area contributed by atoms with Crippen molar-refractivity contribution in [3.05, 3.63) is 89.6 Å². The number of carbonyl (C=O) groups is 2. The Morgan fingerprint density at radius 3 is 2.32 bits per heavy atom. The molecule has 6 nitrogen and oxygen atoms in total. The van der Waals surface area contributed by atoms with Crippen LogP contribution in [-0.2, 0) is 11.3 Å². The van der Waals surface area contributed by atoms with Crippen LogP contribution < -0.4 is 10.2 Å². The van der Waals surface area contributed by atoms with Crippen molar-refractivity contribution < 1.29 is 18.4 Å². The molecule has 2 fully saturated rings. The molecule has 37 heavy (non-hydrogen) atoms. The third kappa shape index (κ3) is 6.10. The summed E-state index contributed by atoms with van der Waals surface area (Å²) in [7, 11) is 0. The van der Waals surface area contributed by atoms with Crippen LogP contribution in [0, 0.1) is 5.82 Å². The molecule has 1 N–H and O–H groups in total. The van der Waals surface area contributed by atoms with Crippen LogP contribution in [0.4, 0.5) is 10.1 Å². The summed E-state index contributed by atoms with van der Waals surface area (Å²) < 4.78 is 19.9. The molecule has 2 amide bonds. The van der Waals surface area contributed by atoms with Gasteiger partial charge in [0.15, 0.2) is 5.76 Å². The summed E-state index contributed by atoms with van der Waals surface area (Å²) in [4.78, 5) is 31.6. The number of benzene rings is 2. The van der Waals surface area contributed by atoms with Crippen molar-refractivity contribution in [3.8, 4) is 0 Å². The van der Waals surface area contributed by atoms with E-state index in [-0.39, 0.29) is 17.7 Å². The van der Waals surface area contributed by atoms with E-state index in [4.69, 9.17) is 4.42 Å². The lowest BCUT2D eigenvalue weighted by molar-refractivity contribution is -0.123. The van der Waals surface area contributed by atoms with Crippen LogP contribution in [0.15, 0.2) is 71.1 Å². The third-order valence-electron chi connectivity index (χ3n) is 7.35. The number of likely N-dealkylation sites (tertiary alicyclic amines) is 1. The summed E-state index contributed by atoms with van der Waals surface area (Å²) in [5.74, 6) is -0.184. The normalized spacial score (nSPS) is 17.4. The number of nitrogens with one attached hydrogen (secondary N) is 1. The zero-order chi connectivity index (χ0) is 25.6. The molecule has 2 aliphatic rings. The van der Waals surface area contributed by atoms with Crippen molar-refractivity contribution in [2.24, 2.45) is 0 Å². The summed E-state index contributed by atoms with van der Waals surface area (Å²) in [5, 5.41) is 3.14. The lowest BCUT2D eigenvalue weighted by Gasteiger charge is -2.31. The number of para-hydroxylation sites is 1. The van der Waals surface area contributed by atoms with Gasteiger partial charge < -0.3 is 9.73 Å². The van der Waals surface area contributed by atoms with Gasteiger partial charge in [-0.15, -0.1) is 0 Å². The molecule has 0 spiro atoms. The van der Waals surface area contributed by atoms with E-state index in [1.165, 1.54) is 36.3 Å². The maximum absolute atomic E-state index is 14.0. The van der Waals surface area contributed by atoms with Crippen molar-refractivity contribution in [1.29, 1.82) is 0 Å². The number of piperidine rings is 1. The van der Waals surface area contributed by atoms with Crippen molar-refractivity contribution in [2.75, 3.05) is 18.0 Å². The highest BCUT2D eigenvalue weighted by Gasteiger charge is 2.36. The second-order valence-electron chi connectivity index (χ2n) is 10.1. The lowest BCUT2D eigenvalue weighted by atomic mass is 10.0. The molecule has 194 valence electrons. The zero-order valence-corrected chi connectivity index (χ0v) is 21.1. The first-order chi connectivity index (χ1) is 18.1. The second-order valence-corrected chi connectivity index (χ2v) is 10.1. The van der Waals surface area contributed by atoms with Gasteiger partial charge in [0.1, 0.15) is 17.6 Å². The number of hydrogen-bond donors (Lipinski definition) is 1. The summed E-state index contributed by atoms with van der Waals surface area (Å²) in [6.07, 6.45) is 7.56. The van der Waals surface area contributed by atoms with Gasteiger partial charge in [0.05, 0.1) is 6.54 Å². The van der Waals surface area contributed by atoms with Crippen LogP contribution in [0.3, 0.4) is 0 Å². The Kier molecular flexibility index (Phi) is 7.99. The number of rotatable bonds is 8. The van der Waals surface area contributed by atoms with Crippen molar-refractivity contribution >= 4 is 17.5 Å². The first-order valence-electron chi connectivity index (χ1n) is 13.3. The summed E-state index contributed by atoms with van der Waals surface area (Å²) in [6, 6.07) is 17.5. The van der Waals surface area contributed by atoms with E-state index in [1.807, 2.05) is 24.3 Å². The molecular formula is C30H34FN3O3. The van der Waals surface area contributed by atoms with E-state index in [0.717, 1.165) is 44.5 Å². The summed E-state index contributed by atoms with van der Waals surface area (Å²) in [5.41, 5.74) is 1.10. The Morgan fingerprint density at radius 2 is 1.62 bits per heavy atom. The standard InChI is InChI=1S/C30H34FN3O3/c31-23-15-13-22(14-16-23)28(29(35)32-24-9-5-6-10-24)34(25-11-3-1-4-12-25)30(36)27-18-17-26(37-27)21-33-19-7-2-8-20-33/h1,3-4,11-18,24,28H,2,5-10,19-21H2,(H,32,35)/t28-/m1/s1. The van der Waals surface area contributed by atoms with Gasteiger partial charge in [-0.05, 0) is 80.7 Å². The van der Waals surface area contributed by atoms with E-state index in [0.29, 0.717) is 17.8 Å². The van der Waals surface area contributed by atoms with Crippen molar-refractivity contribution in [1.82, 2.24) is 10.2 Å². The molecule has 0 radical (unpaired) electrons. The number of furan rings is 1. The highest BCUT2D eigenvalue weighted by atomic mass is 19.1. The molecular weight excluding hydrogens is 469 g/mol. The van der Waals surface area contributed by atoms with Crippen molar-refractivity contribution in [2.45, 2.75) is 63.6 Å². The van der Waals surface area contributed by atoms with Crippen LogP contribution in [0.2, 0.25) is 0 Å². The molecule has 1 atom stereocenters. The van der Waals surface area contributed by atoms with E-state index in [2.05, 4.69) is 10.2 Å². The highest BCUT2D eigenvalue weighted by molar-refractivity contribution is 6.08.